The molecule has 4 fully saturated rings. The van der Waals surface area contributed by atoms with Crippen molar-refractivity contribution >= 4 is 5.91 Å². The first kappa shape index (κ1) is 22.4. The molecule has 1 amide bonds. The van der Waals surface area contributed by atoms with Gasteiger partial charge in [0.1, 0.15) is 0 Å². The first-order valence-corrected chi connectivity index (χ1v) is 13.6. The van der Waals surface area contributed by atoms with Crippen molar-refractivity contribution in [1.82, 2.24) is 9.88 Å². The van der Waals surface area contributed by atoms with Crippen molar-refractivity contribution < 1.29 is 9.53 Å². The van der Waals surface area contributed by atoms with Crippen molar-refractivity contribution in [2.45, 2.75) is 102 Å². The molecule has 3 aliphatic carbocycles. The van der Waals surface area contributed by atoms with Crippen LogP contribution in [0.5, 0.6) is 0 Å². The van der Waals surface area contributed by atoms with Crippen LogP contribution in [-0.4, -0.2) is 29.7 Å². The van der Waals surface area contributed by atoms with E-state index >= 15 is 0 Å². The monoisotopic (exact) mass is 460 g/mol. The van der Waals surface area contributed by atoms with Gasteiger partial charge in [0.2, 0.25) is 0 Å². The maximum Gasteiger partial charge on any atom is 0.253 e. The number of ether oxygens (including phenoxy) is 1. The molecule has 0 spiro atoms. The number of nitrogens with one attached hydrogen (secondary N) is 1. The highest BCUT2D eigenvalue weighted by atomic mass is 16.5. The standard InChI is InChI=1S/C30H40N2O2/c1-20-26(28(33)31-25-18-34-19-25)16-27(32(20)17-21-7-5-4-6-8-21)22-13-23(29(2)9-10-29)15-24(14-22)30(3)11-12-30/h13-16,21,25H,4-12,17-19H2,1-3H3,(H,31,33). The fourth-order valence-corrected chi connectivity index (χ4v) is 5.98. The molecule has 34 heavy (non-hydrogen) atoms. The number of hydrogen-bond donors (Lipinski definition) is 1. The Bertz CT molecular complexity index is 1060. The quantitative estimate of drug-likeness (QED) is 0.529. The molecule has 4 aliphatic rings. The van der Waals surface area contributed by atoms with Crippen LogP contribution in [0.25, 0.3) is 11.3 Å². The summed E-state index contributed by atoms with van der Waals surface area (Å²) in [5, 5.41) is 3.18. The van der Waals surface area contributed by atoms with Gasteiger partial charge in [0.25, 0.3) is 5.91 Å². The molecule has 1 N–H and O–H groups in total. The van der Waals surface area contributed by atoms with E-state index in [2.05, 4.69) is 54.9 Å². The molecular weight excluding hydrogens is 420 g/mol. The van der Waals surface area contributed by atoms with Crippen LogP contribution in [-0.2, 0) is 22.1 Å². The van der Waals surface area contributed by atoms with Crippen LogP contribution in [0.15, 0.2) is 24.3 Å². The molecule has 1 aromatic carbocycles. The van der Waals surface area contributed by atoms with Gasteiger partial charge >= 0.3 is 0 Å². The summed E-state index contributed by atoms with van der Waals surface area (Å²) < 4.78 is 7.76. The molecule has 4 heteroatoms. The predicted octanol–water partition coefficient (Wildman–Crippen LogP) is 6.28. The smallest absolute Gasteiger partial charge is 0.253 e. The van der Waals surface area contributed by atoms with Crippen molar-refractivity contribution in [3.05, 3.63) is 46.6 Å². The normalized spacial score (nSPS) is 23.4. The molecule has 6 rings (SSSR count). The van der Waals surface area contributed by atoms with Gasteiger partial charge in [-0.2, -0.15) is 0 Å². The minimum absolute atomic E-state index is 0.0501. The summed E-state index contributed by atoms with van der Waals surface area (Å²) in [6.07, 6.45) is 11.8. The maximum absolute atomic E-state index is 13.3. The topological polar surface area (TPSA) is 43.3 Å². The number of benzene rings is 1. The van der Waals surface area contributed by atoms with Gasteiger partial charge in [0.05, 0.1) is 24.8 Å². The average Bonchev–Trinajstić information content (AvgIpc) is 3.72. The summed E-state index contributed by atoms with van der Waals surface area (Å²) in [5.74, 6) is 0.758. The Hall–Kier alpha value is -2.07. The van der Waals surface area contributed by atoms with Gasteiger partial charge in [-0.3, -0.25) is 4.79 Å². The second kappa shape index (κ2) is 8.26. The molecular formula is C30H40N2O2. The van der Waals surface area contributed by atoms with E-state index in [1.807, 2.05) is 0 Å². The third-order valence-corrected chi connectivity index (χ3v) is 9.37. The Morgan fingerprint density at radius 1 is 0.971 bits per heavy atom. The molecule has 1 aliphatic heterocycles. The minimum Gasteiger partial charge on any atom is -0.377 e. The van der Waals surface area contributed by atoms with Crippen molar-refractivity contribution in [3.63, 3.8) is 0 Å². The third-order valence-electron chi connectivity index (χ3n) is 9.37. The SMILES string of the molecule is Cc1c(C(=O)NC2COC2)cc(-c2cc(C3(C)CC3)cc(C3(C)CC3)c2)n1CC1CCCCC1. The number of hydrogen-bond acceptors (Lipinski definition) is 2. The van der Waals surface area contributed by atoms with Gasteiger partial charge in [-0.25, -0.2) is 0 Å². The predicted molar refractivity (Wildman–Crippen MR) is 136 cm³/mol. The summed E-state index contributed by atoms with van der Waals surface area (Å²) in [7, 11) is 0. The molecule has 0 radical (unpaired) electrons. The lowest BCUT2D eigenvalue weighted by Gasteiger charge is -2.27. The average molecular weight is 461 g/mol. The number of nitrogens with zero attached hydrogens (tertiary/aromatic N) is 1. The van der Waals surface area contributed by atoms with Crippen LogP contribution in [0.3, 0.4) is 0 Å². The summed E-state index contributed by atoms with van der Waals surface area (Å²) in [6.45, 7) is 9.25. The van der Waals surface area contributed by atoms with Crippen molar-refractivity contribution in [2.24, 2.45) is 5.92 Å². The molecule has 182 valence electrons. The van der Waals surface area contributed by atoms with Crippen molar-refractivity contribution in [2.75, 3.05) is 13.2 Å². The number of carbonyl (C=O) groups is 1. The molecule has 1 saturated heterocycles. The summed E-state index contributed by atoms with van der Waals surface area (Å²) in [6, 6.07) is 9.71. The van der Waals surface area contributed by atoms with Crippen LogP contribution < -0.4 is 5.32 Å². The van der Waals surface area contributed by atoms with E-state index in [1.165, 1.54) is 80.2 Å². The molecule has 0 bridgehead atoms. The molecule has 2 aromatic rings. The fraction of sp³-hybridized carbons (Fsp3) is 0.633. The van der Waals surface area contributed by atoms with Crippen LogP contribution in [0.2, 0.25) is 0 Å². The second-order valence-corrected chi connectivity index (χ2v) is 12.3. The Kier molecular flexibility index (Phi) is 5.44. The lowest BCUT2D eigenvalue weighted by molar-refractivity contribution is -0.00347. The van der Waals surface area contributed by atoms with Gasteiger partial charge in [-0.05, 0) is 97.1 Å². The summed E-state index contributed by atoms with van der Waals surface area (Å²) in [4.78, 5) is 13.3. The van der Waals surface area contributed by atoms with Crippen LogP contribution >= 0.6 is 0 Å². The van der Waals surface area contributed by atoms with Crippen LogP contribution in [0, 0.1) is 12.8 Å². The Labute approximate surface area is 204 Å². The zero-order valence-electron chi connectivity index (χ0n) is 21.2. The number of rotatable bonds is 7. The van der Waals surface area contributed by atoms with E-state index in [-0.39, 0.29) is 11.9 Å². The van der Waals surface area contributed by atoms with E-state index < -0.39 is 0 Å². The zero-order valence-corrected chi connectivity index (χ0v) is 21.2. The second-order valence-electron chi connectivity index (χ2n) is 12.3. The molecule has 1 aromatic heterocycles. The largest absolute Gasteiger partial charge is 0.377 e. The van der Waals surface area contributed by atoms with Crippen LogP contribution in [0.1, 0.15) is 98.8 Å². The summed E-state index contributed by atoms with van der Waals surface area (Å²) >= 11 is 0. The van der Waals surface area contributed by atoms with Gasteiger partial charge in [0.15, 0.2) is 0 Å². The van der Waals surface area contributed by atoms with Gasteiger partial charge in [0, 0.05) is 17.9 Å². The molecule has 0 unspecified atom stereocenters. The van der Waals surface area contributed by atoms with E-state index in [1.54, 1.807) is 0 Å². The highest BCUT2D eigenvalue weighted by Gasteiger charge is 2.43. The Morgan fingerprint density at radius 2 is 1.59 bits per heavy atom. The Morgan fingerprint density at radius 3 is 2.12 bits per heavy atom. The lowest BCUT2D eigenvalue weighted by atomic mass is 9.87. The fourth-order valence-electron chi connectivity index (χ4n) is 5.98. The third kappa shape index (κ3) is 4.12. The van der Waals surface area contributed by atoms with Crippen molar-refractivity contribution in [3.8, 4) is 11.3 Å². The molecule has 3 saturated carbocycles. The minimum atomic E-state index is 0.0501. The van der Waals surface area contributed by atoms with E-state index in [4.69, 9.17) is 4.74 Å². The number of amides is 1. The van der Waals surface area contributed by atoms with E-state index in [0.29, 0.717) is 30.0 Å². The van der Waals surface area contributed by atoms with Gasteiger partial charge < -0.3 is 14.6 Å². The first-order chi connectivity index (χ1) is 16.3. The highest BCUT2D eigenvalue weighted by Crippen LogP contribution is 2.53. The number of aromatic nitrogens is 1. The zero-order chi connectivity index (χ0) is 23.5. The van der Waals surface area contributed by atoms with Gasteiger partial charge in [-0.1, -0.05) is 39.2 Å². The first-order valence-electron chi connectivity index (χ1n) is 13.6. The summed E-state index contributed by atoms with van der Waals surface area (Å²) in [5.41, 5.74) is 8.13. The lowest BCUT2D eigenvalue weighted by Crippen LogP contribution is -2.48. The Balaban J connectivity index is 1.42. The van der Waals surface area contributed by atoms with E-state index in [0.717, 1.165) is 17.8 Å². The van der Waals surface area contributed by atoms with Crippen LogP contribution in [0.4, 0.5) is 0 Å². The number of carbonyl (C=O) groups excluding carboxylic acids is 1. The molecule has 0 atom stereocenters. The van der Waals surface area contributed by atoms with Gasteiger partial charge in [-0.15, -0.1) is 0 Å². The maximum atomic E-state index is 13.3. The molecule has 4 nitrogen and oxygen atoms in total. The molecule has 2 heterocycles. The van der Waals surface area contributed by atoms with Crippen molar-refractivity contribution in [1.29, 1.82) is 0 Å². The van der Waals surface area contributed by atoms with E-state index in [9.17, 15) is 4.79 Å². The highest BCUT2D eigenvalue weighted by molar-refractivity contribution is 5.97.